The van der Waals surface area contributed by atoms with Crippen molar-refractivity contribution in [2.45, 2.75) is 0 Å². The van der Waals surface area contributed by atoms with E-state index in [1.54, 1.807) is 0 Å². The van der Waals surface area contributed by atoms with Crippen molar-refractivity contribution in [1.82, 2.24) is 19.7 Å². The fourth-order valence-corrected chi connectivity index (χ4v) is 1.44. The van der Waals surface area contributed by atoms with Crippen LogP contribution in [0.3, 0.4) is 0 Å². The van der Waals surface area contributed by atoms with Gasteiger partial charge in [0.2, 0.25) is 10.9 Å². The minimum atomic E-state index is -1.04. The summed E-state index contributed by atoms with van der Waals surface area (Å²) >= 11 is 0.967. The highest BCUT2D eigenvalue weighted by atomic mass is 32.1. The lowest BCUT2D eigenvalue weighted by Crippen LogP contribution is -2.34. The second-order valence-corrected chi connectivity index (χ2v) is 3.12. The van der Waals surface area contributed by atoms with Gasteiger partial charge in [-0.2, -0.15) is 8.96 Å². The molecule has 0 unspecified atom stereocenters. The van der Waals surface area contributed by atoms with Gasteiger partial charge in [-0.1, -0.05) is 11.3 Å². The van der Waals surface area contributed by atoms with Gasteiger partial charge in [-0.05, 0) is 0 Å². The minimum absolute atomic E-state index is 0.0377. The maximum Gasteiger partial charge on any atom is 0.335 e. The third-order valence-electron chi connectivity index (χ3n) is 1.47. The quantitative estimate of drug-likeness (QED) is 0.695. The normalized spacial score (nSPS) is 10.4. The summed E-state index contributed by atoms with van der Waals surface area (Å²) in [7, 11) is 0. The minimum Gasteiger partial charge on any atom is -0.311 e. The summed E-state index contributed by atoms with van der Waals surface area (Å²) in [4.78, 5) is 24.4. The van der Waals surface area contributed by atoms with E-state index in [1.807, 2.05) is 0 Å². The average molecular weight is 214 g/mol. The first-order chi connectivity index (χ1) is 6.70. The molecular formula is C6H3FN4O2S. The van der Waals surface area contributed by atoms with Crippen LogP contribution in [0, 0.1) is 5.82 Å². The fraction of sp³-hybridized carbons (Fsp3) is 0. The topological polar surface area (TPSA) is 80.6 Å². The van der Waals surface area contributed by atoms with Gasteiger partial charge in [-0.3, -0.25) is 4.79 Å². The molecule has 14 heavy (non-hydrogen) atoms. The molecule has 0 saturated heterocycles. The molecule has 0 aliphatic rings. The molecule has 2 rings (SSSR count). The first-order valence-corrected chi connectivity index (χ1v) is 4.35. The Labute approximate surface area is 79.7 Å². The summed E-state index contributed by atoms with van der Waals surface area (Å²) in [5.41, 5.74) is -0.440. The number of hydrogen-bond donors (Lipinski definition) is 1. The molecule has 2 aromatic heterocycles. The molecule has 72 valence electrons. The van der Waals surface area contributed by atoms with Crippen LogP contribution in [0.4, 0.5) is 4.39 Å². The molecular weight excluding hydrogens is 211 g/mol. The number of nitrogens with zero attached hydrogens (tertiary/aromatic N) is 3. The van der Waals surface area contributed by atoms with E-state index in [4.69, 9.17) is 0 Å². The zero-order chi connectivity index (χ0) is 10.1. The van der Waals surface area contributed by atoms with Gasteiger partial charge in [0.05, 0.1) is 0 Å². The molecule has 8 heteroatoms. The largest absolute Gasteiger partial charge is 0.335 e. The molecule has 2 aromatic rings. The maximum absolute atomic E-state index is 12.8. The van der Waals surface area contributed by atoms with Crippen molar-refractivity contribution in [3.63, 3.8) is 0 Å². The molecule has 2 heterocycles. The molecule has 0 fully saturated rings. The van der Waals surface area contributed by atoms with Gasteiger partial charge in [-0.15, -0.1) is 10.2 Å². The van der Waals surface area contributed by atoms with Crippen molar-refractivity contribution in [3.05, 3.63) is 38.4 Å². The van der Waals surface area contributed by atoms with Gasteiger partial charge in [0, 0.05) is 6.20 Å². The van der Waals surface area contributed by atoms with Crippen LogP contribution in [0.1, 0.15) is 0 Å². The zero-order valence-electron chi connectivity index (χ0n) is 6.60. The first-order valence-electron chi connectivity index (χ1n) is 3.47. The van der Waals surface area contributed by atoms with E-state index in [2.05, 4.69) is 15.2 Å². The Kier molecular flexibility index (Phi) is 1.97. The molecule has 0 aromatic carbocycles. The van der Waals surface area contributed by atoms with Gasteiger partial charge in [0.1, 0.15) is 5.51 Å². The van der Waals surface area contributed by atoms with E-state index in [1.165, 1.54) is 5.51 Å². The van der Waals surface area contributed by atoms with E-state index in [9.17, 15) is 14.0 Å². The Morgan fingerprint density at radius 1 is 1.50 bits per heavy atom. The predicted octanol–water partition coefficient (Wildman–Crippen LogP) is -0.484. The fourth-order valence-electron chi connectivity index (χ4n) is 0.889. The molecule has 1 N–H and O–H groups in total. The third kappa shape index (κ3) is 1.25. The van der Waals surface area contributed by atoms with Crippen molar-refractivity contribution in [2.75, 3.05) is 0 Å². The van der Waals surface area contributed by atoms with Crippen molar-refractivity contribution >= 4 is 11.3 Å². The molecule has 0 amide bonds. The van der Waals surface area contributed by atoms with Crippen LogP contribution in [0.5, 0.6) is 0 Å². The van der Waals surface area contributed by atoms with Gasteiger partial charge in [0.25, 0.3) is 5.56 Å². The number of hydrogen-bond acceptors (Lipinski definition) is 5. The highest BCUT2D eigenvalue weighted by Gasteiger charge is 2.10. The molecule has 0 spiro atoms. The van der Waals surface area contributed by atoms with Crippen LogP contribution in [-0.2, 0) is 0 Å². The van der Waals surface area contributed by atoms with Crippen LogP contribution >= 0.6 is 11.3 Å². The lowest BCUT2D eigenvalue weighted by atomic mass is 10.6. The van der Waals surface area contributed by atoms with Crippen molar-refractivity contribution in [2.24, 2.45) is 0 Å². The van der Waals surface area contributed by atoms with Gasteiger partial charge >= 0.3 is 5.69 Å². The summed E-state index contributed by atoms with van der Waals surface area (Å²) in [6.45, 7) is 0. The van der Waals surface area contributed by atoms with Crippen molar-refractivity contribution in [3.8, 4) is 5.13 Å². The summed E-state index contributed by atoms with van der Waals surface area (Å²) < 4.78 is 13.4. The van der Waals surface area contributed by atoms with Crippen molar-refractivity contribution < 1.29 is 4.39 Å². The second-order valence-electron chi connectivity index (χ2n) is 2.30. The molecule has 0 aliphatic carbocycles. The lowest BCUT2D eigenvalue weighted by molar-refractivity contribution is 0.583. The van der Waals surface area contributed by atoms with Crippen LogP contribution in [0.25, 0.3) is 5.13 Å². The van der Waals surface area contributed by atoms with E-state index < -0.39 is 17.1 Å². The summed E-state index contributed by atoms with van der Waals surface area (Å²) in [6, 6.07) is 0. The number of rotatable bonds is 1. The Bertz CT molecular complexity index is 558. The highest BCUT2D eigenvalue weighted by molar-refractivity contribution is 7.11. The Morgan fingerprint density at radius 3 is 2.93 bits per heavy atom. The Balaban J connectivity index is 2.82. The van der Waals surface area contributed by atoms with Crippen LogP contribution in [0.15, 0.2) is 21.3 Å². The highest BCUT2D eigenvalue weighted by Crippen LogP contribution is 2.02. The SMILES string of the molecule is O=c1[nH]cc(F)c(=O)n1-c1nncs1. The molecule has 6 nitrogen and oxygen atoms in total. The number of nitrogens with one attached hydrogen (secondary N) is 1. The van der Waals surface area contributed by atoms with Crippen LogP contribution in [0.2, 0.25) is 0 Å². The van der Waals surface area contributed by atoms with Gasteiger partial charge in [0.15, 0.2) is 0 Å². The van der Waals surface area contributed by atoms with Gasteiger partial charge < -0.3 is 4.98 Å². The first kappa shape index (κ1) is 8.75. The standard InChI is InChI=1S/C6H3FN4O2S/c7-3-1-8-5(13)11(4(3)12)6-10-9-2-14-6/h1-2H,(H,8,13). The average Bonchev–Trinajstić information content (AvgIpc) is 2.65. The Morgan fingerprint density at radius 2 is 2.29 bits per heavy atom. The van der Waals surface area contributed by atoms with Gasteiger partial charge in [-0.25, -0.2) is 4.79 Å². The summed E-state index contributed by atoms with van der Waals surface area (Å²) in [5, 5.41) is 6.98. The van der Waals surface area contributed by atoms with Crippen LogP contribution < -0.4 is 11.2 Å². The number of aromatic amines is 1. The van der Waals surface area contributed by atoms with Crippen LogP contribution in [-0.4, -0.2) is 19.7 Å². The molecule has 0 atom stereocenters. The van der Waals surface area contributed by atoms with E-state index in [0.717, 1.165) is 11.3 Å². The monoisotopic (exact) mass is 214 g/mol. The third-order valence-corrected chi connectivity index (χ3v) is 2.15. The van der Waals surface area contributed by atoms with E-state index >= 15 is 0 Å². The molecule has 0 radical (unpaired) electrons. The molecule has 0 saturated carbocycles. The van der Waals surface area contributed by atoms with E-state index in [0.29, 0.717) is 10.8 Å². The lowest BCUT2D eigenvalue weighted by Gasteiger charge is -1.96. The Hall–Kier alpha value is -1.83. The number of aromatic nitrogens is 4. The summed E-state index contributed by atoms with van der Waals surface area (Å²) in [6.07, 6.45) is 0.711. The molecule has 0 bridgehead atoms. The maximum atomic E-state index is 12.8. The number of H-pyrrole nitrogens is 1. The number of halogens is 1. The molecule has 0 aliphatic heterocycles. The predicted molar refractivity (Wildman–Crippen MR) is 46.1 cm³/mol. The zero-order valence-corrected chi connectivity index (χ0v) is 7.42. The van der Waals surface area contributed by atoms with Crippen molar-refractivity contribution in [1.29, 1.82) is 0 Å². The smallest absolute Gasteiger partial charge is 0.311 e. The second kappa shape index (κ2) is 3.14. The van der Waals surface area contributed by atoms with E-state index in [-0.39, 0.29) is 5.13 Å². The summed E-state index contributed by atoms with van der Waals surface area (Å²) in [5.74, 6) is -1.04.